The molecule has 0 unspecified atom stereocenters. The first-order chi connectivity index (χ1) is 14.4. The summed E-state index contributed by atoms with van der Waals surface area (Å²) in [6.45, 7) is 5.29. The van der Waals surface area contributed by atoms with E-state index in [2.05, 4.69) is 10.2 Å². The molecule has 1 aromatic carbocycles. The highest BCUT2D eigenvalue weighted by Gasteiger charge is 2.21. The molecule has 3 aromatic rings. The first-order valence-corrected chi connectivity index (χ1v) is 10.0. The molecule has 0 radical (unpaired) electrons. The molecule has 0 saturated carbocycles. The third kappa shape index (κ3) is 4.13. The molecule has 1 aliphatic rings. The second-order valence-electron chi connectivity index (χ2n) is 7.72. The second kappa shape index (κ2) is 8.16. The monoisotopic (exact) mass is 406 g/mol. The Balaban J connectivity index is 1.47. The highest BCUT2D eigenvalue weighted by atomic mass is 16.2. The molecule has 1 fully saturated rings. The fourth-order valence-electron chi connectivity index (χ4n) is 3.86. The molecular weight excluding hydrogens is 380 g/mol. The minimum atomic E-state index is -0.309. The topological polar surface area (TPSA) is 96.5 Å². The first kappa shape index (κ1) is 19.9. The van der Waals surface area contributed by atoms with Crippen LogP contribution in [0.4, 0.5) is 11.6 Å². The number of nitrogens with zero attached hydrogens (tertiary/aromatic N) is 4. The number of nitrogens with one attached hydrogen (secondary N) is 1. The van der Waals surface area contributed by atoms with Gasteiger partial charge in [0.05, 0.1) is 6.54 Å². The maximum absolute atomic E-state index is 12.8. The molecule has 1 saturated heterocycles. The molecule has 8 heteroatoms. The average Bonchev–Trinajstić information content (AvgIpc) is 3.10. The van der Waals surface area contributed by atoms with Crippen LogP contribution in [0.5, 0.6) is 0 Å². The summed E-state index contributed by atoms with van der Waals surface area (Å²) in [5.41, 5.74) is 8.01. The lowest BCUT2D eigenvalue weighted by molar-refractivity contribution is -0.119. The van der Waals surface area contributed by atoms with Gasteiger partial charge in [0, 0.05) is 55.9 Å². The number of carbonyl (C=O) groups excluding carboxylic acids is 2. The summed E-state index contributed by atoms with van der Waals surface area (Å²) in [6.07, 6.45) is 1.98. The first-order valence-electron chi connectivity index (χ1n) is 10.0. The van der Waals surface area contributed by atoms with Crippen molar-refractivity contribution in [2.45, 2.75) is 6.92 Å². The lowest BCUT2D eigenvalue weighted by atomic mass is 10.1. The van der Waals surface area contributed by atoms with E-state index in [0.29, 0.717) is 11.4 Å². The van der Waals surface area contributed by atoms with Gasteiger partial charge in [-0.2, -0.15) is 0 Å². The van der Waals surface area contributed by atoms with Gasteiger partial charge in [-0.3, -0.25) is 14.5 Å². The van der Waals surface area contributed by atoms with Gasteiger partial charge in [-0.25, -0.2) is 4.98 Å². The van der Waals surface area contributed by atoms with Crippen LogP contribution in [0.2, 0.25) is 0 Å². The van der Waals surface area contributed by atoms with E-state index >= 15 is 0 Å². The summed E-state index contributed by atoms with van der Waals surface area (Å²) >= 11 is 0. The van der Waals surface area contributed by atoms with E-state index in [1.165, 1.54) is 0 Å². The predicted octanol–water partition coefficient (Wildman–Crippen LogP) is 1.74. The number of hydrogen-bond acceptors (Lipinski definition) is 5. The Hall–Kier alpha value is -3.39. The van der Waals surface area contributed by atoms with E-state index in [4.69, 9.17) is 10.7 Å². The molecule has 3 N–H and O–H groups in total. The molecule has 8 nitrogen and oxygen atoms in total. The summed E-state index contributed by atoms with van der Waals surface area (Å²) in [5, 5.41) is 3.94. The minimum absolute atomic E-state index is 0.186. The fraction of sp³-hybridized carbons (Fsp3) is 0.318. The molecule has 30 heavy (non-hydrogen) atoms. The molecule has 0 atom stereocenters. The van der Waals surface area contributed by atoms with Gasteiger partial charge in [0.2, 0.25) is 5.91 Å². The number of rotatable bonds is 5. The largest absolute Gasteiger partial charge is 0.369 e. The number of piperazine rings is 1. The predicted molar refractivity (Wildman–Crippen MR) is 118 cm³/mol. The lowest BCUT2D eigenvalue weighted by Gasteiger charge is -2.35. The third-order valence-corrected chi connectivity index (χ3v) is 5.51. The van der Waals surface area contributed by atoms with Gasteiger partial charge in [-0.05, 0) is 42.8 Å². The summed E-state index contributed by atoms with van der Waals surface area (Å²) in [4.78, 5) is 32.8. The summed E-state index contributed by atoms with van der Waals surface area (Å²) < 4.78 is 2.02. The van der Waals surface area contributed by atoms with Gasteiger partial charge in [-0.15, -0.1) is 0 Å². The standard InChI is InChI=1S/C22H26N6O2/c1-15-3-6-20(24-21(15)28-11-9-27(10-12-28)14-19(23)29)25-22(30)17-4-5-18-16(13-17)7-8-26(18)2/h3-8,13H,9-12,14H2,1-2H3,(H2,23,29)(H,24,25,30). The van der Waals surface area contributed by atoms with Crippen LogP contribution in [0, 0.1) is 6.92 Å². The van der Waals surface area contributed by atoms with Crippen molar-refractivity contribution in [3.05, 3.63) is 53.7 Å². The number of amides is 2. The smallest absolute Gasteiger partial charge is 0.256 e. The van der Waals surface area contributed by atoms with Gasteiger partial charge in [-0.1, -0.05) is 6.07 Å². The van der Waals surface area contributed by atoms with Crippen molar-refractivity contribution in [1.29, 1.82) is 0 Å². The maximum Gasteiger partial charge on any atom is 0.256 e. The summed E-state index contributed by atoms with van der Waals surface area (Å²) in [5.74, 6) is 0.879. The molecule has 0 bridgehead atoms. The SMILES string of the molecule is Cc1ccc(NC(=O)c2ccc3c(ccn3C)c2)nc1N1CCN(CC(N)=O)CC1. The number of nitrogens with two attached hydrogens (primary N) is 1. The molecule has 156 valence electrons. The van der Waals surface area contributed by atoms with Crippen LogP contribution in [0.25, 0.3) is 10.9 Å². The molecule has 3 heterocycles. The highest BCUT2D eigenvalue weighted by Crippen LogP contribution is 2.22. The highest BCUT2D eigenvalue weighted by molar-refractivity contribution is 6.06. The fourth-order valence-corrected chi connectivity index (χ4v) is 3.86. The molecule has 4 rings (SSSR count). The van der Waals surface area contributed by atoms with E-state index in [1.807, 2.05) is 66.0 Å². The van der Waals surface area contributed by atoms with E-state index in [1.54, 1.807) is 0 Å². The van der Waals surface area contributed by atoms with Gasteiger partial charge in [0.25, 0.3) is 5.91 Å². The van der Waals surface area contributed by atoms with Crippen molar-refractivity contribution in [3.63, 3.8) is 0 Å². The number of carbonyl (C=O) groups is 2. The van der Waals surface area contributed by atoms with E-state index in [-0.39, 0.29) is 18.4 Å². The molecule has 2 amide bonds. The zero-order valence-electron chi connectivity index (χ0n) is 17.3. The van der Waals surface area contributed by atoms with Crippen molar-refractivity contribution < 1.29 is 9.59 Å². The molecule has 0 aliphatic carbocycles. The Morgan fingerprint density at radius 3 is 2.60 bits per heavy atom. The van der Waals surface area contributed by atoms with Gasteiger partial charge < -0.3 is 20.5 Å². The zero-order valence-corrected chi connectivity index (χ0v) is 17.3. The Labute approximate surface area is 175 Å². The van der Waals surface area contributed by atoms with Crippen LogP contribution < -0.4 is 16.0 Å². The number of hydrogen-bond donors (Lipinski definition) is 2. The normalized spacial score (nSPS) is 14.8. The number of benzene rings is 1. The Bertz CT molecular complexity index is 1100. The van der Waals surface area contributed by atoms with E-state index < -0.39 is 0 Å². The third-order valence-electron chi connectivity index (χ3n) is 5.51. The second-order valence-corrected chi connectivity index (χ2v) is 7.72. The van der Waals surface area contributed by atoms with Gasteiger partial charge in [0.1, 0.15) is 11.6 Å². The van der Waals surface area contributed by atoms with Crippen LogP contribution in [0.1, 0.15) is 15.9 Å². The molecule has 2 aromatic heterocycles. The number of primary amides is 1. The van der Waals surface area contributed by atoms with Crippen LogP contribution in [0.3, 0.4) is 0 Å². The summed E-state index contributed by atoms with van der Waals surface area (Å²) in [6, 6.07) is 11.4. The molecule has 0 spiro atoms. The number of fused-ring (bicyclic) bond motifs is 1. The van der Waals surface area contributed by atoms with E-state index in [9.17, 15) is 9.59 Å². The van der Waals surface area contributed by atoms with Gasteiger partial charge in [0.15, 0.2) is 0 Å². The zero-order chi connectivity index (χ0) is 21.3. The summed E-state index contributed by atoms with van der Waals surface area (Å²) in [7, 11) is 1.98. The minimum Gasteiger partial charge on any atom is -0.369 e. The average molecular weight is 406 g/mol. The number of anilines is 2. The Morgan fingerprint density at radius 1 is 1.10 bits per heavy atom. The lowest BCUT2D eigenvalue weighted by Crippen LogP contribution is -2.49. The van der Waals surface area contributed by atoms with Crippen molar-refractivity contribution in [3.8, 4) is 0 Å². The Morgan fingerprint density at radius 2 is 1.87 bits per heavy atom. The quantitative estimate of drug-likeness (QED) is 0.673. The number of aromatic nitrogens is 2. The van der Waals surface area contributed by atoms with Crippen LogP contribution in [0.15, 0.2) is 42.6 Å². The number of pyridine rings is 1. The van der Waals surface area contributed by atoms with Crippen molar-refractivity contribution in [2.75, 3.05) is 42.9 Å². The van der Waals surface area contributed by atoms with Crippen LogP contribution >= 0.6 is 0 Å². The van der Waals surface area contributed by atoms with Crippen molar-refractivity contribution in [1.82, 2.24) is 14.5 Å². The Kier molecular flexibility index (Phi) is 5.41. The van der Waals surface area contributed by atoms with E-state index in [0.717, 1.165) is 48.5 Å². The molecular formula is C22H26N6O2. The van der Waals surface area contributed by atoms with Crippen molar-refractivity contribution in [2.24, 2.45) is 12.8 Å². The van der Waals surface area contributed by atoms with Gasteiger partial charge >= 0.3 is 0 Å². The van der Waals surface area contributed by atoms with Crippen molar-refractivity contribution >= 4 is 34.4 Å². The van der Waals surface area contributed by atoms with Crippen LogP contribution in [-0.2, 0) is 11.8 Å². The maximum atomic E-state index is 12.8. The van der Waals surface area contributed by atoms with Crippen LogP contribution in [-0.4, -0.2) is 59.0 Å². The molecule has 1 aliphatic heterocycles. The number of aryl methyl sites for hydroxylation is 2.